The molecule has 0 heterocycles. The highest BCUT2D eigenvalue weighted by atomic mass is 16.4. The molecule has 0 fully saturated rings. The van der Waals surface area contributed by atoms with Crippen LogP contribution in [0.3, 0.4) is 0 Å². The van der Waals surface area contributed by atoms with Crippen molar-refractivity contribution in [2.75, 3.05) is 13.2 Å². The molecule has 7 atom stereocenters. The number of aliphatic hydroxyl groups is 1. The van der Waals surface area contributed by atoms with E-state index in [0.29, 0.717) is 25.8 Å². The Kier molecular flexibility index (Phi) is 18.3. The molecule has 248 valence electrons. The first-order chi connectivity index (χ1) is 20.0. The Morgan fingerprint density at radius 1 is 0.674 bits per heavy atom. The van der Waals surface area contributed by atoms with E-state index in [1.807, 2.05) is 6.92 Å². The molecule has 43 heavy (non-hydrogen) atoms. The average molecular weight is 616 g/mol. The number of hydrogen-bond acceptors (Lipinski definition) is 9. The minimum Gasteiger partial charge on any atom is -0.480 e. The molecular formula is C28H53N7O8. The molecule has 0 aliphatic carbocycles. The summed E-state index contributed by atoms with van der Waals surface area (Å²) < 4.78 is 0. The second-order valence-electron chi connectivity index (χ2n) is 11.5. The monoisotopic (exact) mass is 615 g/mol. The fraction of sp³-hybridized carbons (Fsp3) is 0.786. The van der Waals surface area contributed by atoms with Gasteiger partial charge in [0.2, 0.25) is 29.5 Å². The van der Waals surface area contributed by atoms with Crippen LogP contribution in [-0.2, 0) is 28.8 Å². The number of amides is 5. The lowest BCUT2D eigenvalue weighted by Crippen LogP contribution is -2.60. The third-order valence-corrected chi connectivity index (χ3v) is 7.14. The number of aliphatic hydroxyl groups excluding tert-OH is 1. The Morgan fingerprint density at radius 2 is 1.19 bits per heavy atom. The van der Waals surface area contributed by atoms with Crippen LogP contribution in [-0.4, -0.2) is 95.1 Å². The van der Waals surface area contributed by atoms with Gasteiger partial charge in [0.25, 0.3) is 0 Å². The van der Waals surface area contributed by atoms with E-state index in [1.54, 1.807) is 34.6 Å². The molecule has 11 N–H and O–H groups in total. The number of carboxylic acid groups (broad SMARTS) is 1. The normalized spacial score (nSPS) is 16.2. The lowest BCUT2D eigenvalue weighted by Gasteiger charge is -2.29. The third-order valence-electron chi connectivity index (χ3n) is 7.14. The van der Waals surface area contributed by atoms with Gasteiger partial charge in [0.1, 0.15) is 36.3 Å². The van der Waals surface area contributed by atoms with Gasteiger partial charge in [0.05, 0.1) is 6.61 Å². The SMILES string of the molecule is CC[C@H](C)[C@H](NC(=O)[C@@H](N)CO)C(=O)N[C@H](CCCCN)C(=O)N[C@H](C(=O)N[C@@H](C)C(=O)N[C@H](C(=O)O)C(C)C)C(C)C. The van der Waals surface area contributed by atoms with Gasteiger partial charge in [-0.15, -0.1) is 0 Å². The molecule has 0 aromatic heterocycles. The fourth-order valence-corrected chi connectivity index (χ4v) is 4.02. The third kappa shape index (κ3) is 13.7. The van der Waals surface area contributed by atoms with Crippen LogP contribution in [0, 0.1) is 17.8 Å². The molecular weight excluding hydrogens is 562 g/mol. The Bertz CT molecular complexity index is 946. The van der Waals surface area contributed by atoms with Gasteiger partial charge < -0.3 is 48.3 Å². The predicted molar refractivity (Wildman–Crippen MR) is 160 cm³/mol. The lowest BCUT2D eigenvalue weighted by molar-refractivity contribution is -0.143. The molecule has 0 aliphatic rings. The van der Waals surface area contributed by atoms with Crippen molar-refractivity contribution in [2.45, 2.75) is 110 Å². The van der Waals surface area contributed by atoms with Crippen molar-refractivity contribution in [2.24, 2.45) is 29.2 Å². The summed E-state index contributed by atoms with van der Waals surface area (Å²) in [5.74, 6) is -5.72. The quantitative estimate of drug-likeness (QED) is 0.0703. The molecule has 0 spiro atoms. The van der Waals surface area contributed by atoms with Gasteiger partial charge in [-0.25, -0.2) is 4.79 Å². The number of hydrogen-bond donors (Lipinski definition) is 9. The largest absolute Gasteiger partial charge is 0.480 e. The van der Waals surface area contributed by atoms with Crippen LogP contribution in [0.2, 0.25) is 0 Å². The Labute approximate surface area is 254 Å². The summed E-state index contributed by atoms with van der Waals surface area (Å²) in [5.41, 5.74) is 11.2. The number of rotatable bonds is 20. The van der Waals surface area contributed by atoms with E-state index in [0.717, 1.165) is 0 Å². The van der Waals surface area contributed by atoms with Crippen molar-refractivity contribution < 1.29 is 39.0 Å². The Hall–Kier alpha value is -3.30. The van der Waals surface area contributed by atoms with E-state index in [9.17, 15) is 39.0 Å². The maximum absolute atomic E-state index is 13.4. The predicted octanol–water partition coefficient (Wildman–Crippen LogP) is -1.68. The molecule has 0 saturated carbocycles. The van der Waals surface area contributed by atoms with E-state index < -0.39 is 90.2 Å². The zero-order valence-corrected chi connectivity index (χ0v) is 26.4. The van der Waals surface area contributed by atoms with Crippen molar-refractivity contribution >= 4 is 35.5 Å². The van der Waals surface area contributed by atoms with Crippen LogP contribution in [0.1, 0.15) is 74.1 Å². The number of carbonyl (C=O) groups is 6. The summed E-state index contributed by atoms with van der Waals surface area (Å²) in [4.78, 5) is 76.2. The number of aliphatic carboxylic acids is 1. The van der Waals surface area contributed by atoms with Crippen molar-refractivity contribution in [1.29, 1.82) is 0 Å². The Morgan fingerprint density at radius 3 is 1.65 bits per heavy atom. The molecule has 0 unspecified atom stereocenters. The number of carboxylic acids is 1. The second kappa shape index (κ2) is 19.8. The number of nitrogens with one attached hydrogen (secondary N) is 5. The molecule has 0 saturated heterocycles. The molecule has 5 amide bonds. The summed E-state index contributed by atoms with van der Waals surface area (Å²) in [6.45, 7) is 11.4. The van der Waals surface area contributed by atoms with Crippen molar-refractivity contribution in [3.8, 4) is 0 Å². The molecule has 0 bridgehead atoms. The van der Waals surface area contributed by atoms with Crippen molar-refractivity contribution in [3.63, 3.8) is 0 Å². The molecule has 15 heteroatoms. The summed E-state index contributed by atoms with van der Waals surface area (Å²) >= 11 is 0. The topological polar surface area (TPSA) is 255 Å². The standard InChI is InChI=1S/C28H53N7O8/c1-8-16(6)22(35-24(38)18(30)13-36)27(41)32-19(11-9-10-12-29)25(39)33-20(14(2)3)26(40)31-17(7)23(37)34-21(15(4)5)28(42)43/h14-22,36H,8-13,29-30H2,1-7H3,(H,31,40)(H,32,41)(H,33,39)(H,34,37)(H,35,38)(H,42,43)/t16-,17-,18-,19+,20-,21-,22-/m0/s1. The van der Waals surface area contributed by atoms with Crippen LogP contribution >= 0.6 is 0 Å². The maximum Gasteiger partial charge on any atom is 0.326 e. The first-order valence-electron chi connectivity index (χ1n) is 14.8. The summed E-state index contributed by atoms with van der Waals surface area (Å²) in [5, 5.41) is 31.3. The molecule has 0 rings (SSSR count). The van der Waals surface area contributed by atoms with Crippen LogP contribution in [0.25, 0.3) is 0 Å². The fourth-order valence-electron chi connectivity index (χ4n) is 4.02. The number of nitrogens with two attached hydrogens (primary N) is 2. The smallest absolute Gasteiger partial charge is 0.326 e. The summed E-state index contributed by atoms with van der Waals surface area (Å²) in [6.07, 6.45) is 1.78. The van der Waals surface area contributed by atoms with Gasteiger partial charge >= 0.3 is 5.97 Å². The van der Waals surface area contributed by atoms with Gasteiger partial charge in [-0.1, -0.05) is 48.0 Å². The zero-order valence-electron chi connectivity index (χ0n) is 26.4. The van der Waals surface area contributed by atoms with Gasteiger partial charge in [0.15, 0.2) is 0 Å². The minimum absolute atomic E-state index is 0.198. The van der Waals surface area contributed by atoms with E-state index in [1.165, 1.54) is 6.92 Å². The van der Waals surface area contributed by atoms with Crippen LogP contribution in [0.5, 0.6) is 0 Å². The zero-order chi connectivity index (χ0) is 33.4. The highest BCUT2D eigenvalue weighted by molar-refractivity contribution is 5.96. The molecule has 0 aromatic rings. The molecule has 0 aliphatic heterocycles. The van der Waals surface area contributed by atoms with Crippen LogP contribution in [0.4, 0.5) is 0 Å². The van der Waals surface area contributed by atoms with Crippen molar-refractivity contribution in [3.05, 3.63) is 0 Å². The lowest BCUT2D eigenvalue weighted by atomic mass is 9.96. The van der Waals surface area contributed by atoms with Gasteiger partial charge in [-0.3, -0.25) is 24.0 Å². The van der Waals surface area contributed by atoms with E-state index in [-0.39, 0.29) is 12.3 Å². The van der Waals surface area contributed by atoms with Crippen LogP contribution < -0.4 is 38.1 Å². The molecule has 0 radical (unpaired) electrons. The first kappa shape index (κ1) is 39.7. The van der Waals surface area contributed by atoms with E-state index in [2.05, 4.69) is 26.6 Å². The number of unbranched alkanes of at least 4 members (excludes halogenated alkanes) is 1. The average Bonchev–Trinajstić information content (AvgIpc) is 2.94. The molecule has 15 nitrogen and oxygen atoms in total. The second-order valence-corrected chi connectivity index (χ2v) is 11.5. The first-order valence-corrected chi connectivity index (χ1v) is 14.8. The highest BCUT2D eigenvalue weighted by Crippen LogP contribution is 2.11. The van der Waals surface area contributed by atoms with E-state index in [4.69, 9.17) is 11.5 Å². The minimum atomic E-state index is -1.22. The highest BCUT2D eigenvalue weighted by Gasteiger charge is 2.34. The van der Waals surface area contributed by atoms with Crippen molar-refractivity contribution in [1.82, 2.24) is 26.6 Å². The van der Waals surface area contributed by atoms with Gasteiger partial charge in [0, 0.05) is 0 Å². The van der Waals surface area contributed by atoms with Gasteiger partial charge in [-0.2, -0.15) is 0 Å². The maximum atomic E-state index is 13.4. The summed E-state index contributed by atoms with van der Waals surface area (Å²) in [6, 6.07) is -6.68. The van der Waals surface area contributed by atoms with Gasteiger partial charge in [-0.05, 0) is 50.5 Å². The Balaban J connectivity index is 5.79. The molecule has 0 aromatic carbocycles. The number of carbonyl (C=O) groups excluding carboxylic acids is 5. The summed E-state index contributed by atoms with van der Waals surface area (Å²) in [7, 11) is 0. The van der Waals surface area contributed by atoms with E-state index >= 15 is 0 Å². The van der Waals surface area contributed by atoms with Crippen LogP contribution in [0.15, 0.2) is 0 Å².